The summed E-state index contributed by atoms with van der Waals surface area (Å²) in [5.74, 6) is -0.236. The summed E-state index contributed by atoms with van der Waals surface area (Å²) < 4.78 is 19.8. The zero-order valence-electron chi connectivity index (χ0n) is 10.7. The van der Waals surface area contributed by atoms with Gasteiger partial charge in [0.2, 0.25) is 0 Å². The van der Waals surface area contributed by atoms with Gasteiger partial charge in [0.1, 0.15) is 5.82 Å². The van der Waals surface area contributed by atoms with E-state index in [9.17, 15) is 4.39 Å². The average Bonchev–Trinajstić information content (AvgIpc) is 2.82. The maximum absolute atomic E-state index is 13.1. The summed E-state index contributed by atoms with van der Waals surface area (Å²) in [6.45, 7) is 1.75. The molecule has 3 rings (SSSR count). The molecule has 2 aromatic rings. The van der Waals surface area contributed by atoms with E-state index in [0.29, 0.717) is 6.10 Å². The summed E-state index contributed by atoms with van der Waals surface area (Å²) in [7, 11) is 0. The summed E-state index contributed by atoms with van der Waals surface area (Å²) in [5.41, 5.74) is 0.724. The van der Waals surface area contributed by atoms with Crippen molar-refractivity contribution in [2.24, 2.45) is 0 Å². The van der Waals surface area contributed by atoms with E-state index in [2.05, 4.69) is 10.3 Å². The van der Waals surface area contributed by atoms with Crippen molar-refractivity contribution >= 4 is 26.7 Å². The number of rotatable bonds is 4. The van der Waals surface area contributed by atoms with Gasteiger partial charge in [0.05, 0.1) is 16.3 Å². The number of hydrogen-bond donors (Lipinski definition) is 1. The van der Waals surface area contributed by atoms with E-state index in [1.165, 1.54) is 25.0 Å². The Labute approximate surface area is 115 Å². The van der Waals surface area contributed by atoms with Crippen LogP contribution in [0.15, 0.2) is 18.2 Å². The Bertz CT molecular complexity index is 551. The number of ether oxygens (including phenoxy) is 1. The predicted octanol–water partition coefficient (Wildman–Crippen LogP) is 3.81. The molecule has 5 heteroatoms. The molecule has 2 heterocycles. The zero-order chi connectivity index (χ0) is 13.1. The highest BCUT2D eigenvalue weighted by Gasteiger charge is 2.13. The first-order valence-corrected chi connectivity index (χ1v) is 7.54. The normalized spacial score (nSPS) is 19.7. The minimum atomic E-state index is -0.236. The first-order chi connectivity index (χ1) is 9.31. The van der Waals surface area contributed by atoms with Crippen molar-refractivity contribution in [1.29, 1.82) is 0 Å². The van der Waals surface area contributed by atoms with Crippen LogP contribution in [0.2, 0.25) is 0 Å². The topological polar surface area (TPSA) is 34.1 Å². The molecule has 0 radical (unpaired) electrons. The molecule has 1 atom stereocenters. The number of hydrogen-bond acceptors (Lipinski definition) is 4. The van der Waals surface area contributed by atoms with Crippen molar-refractivity contribution in [3.8, 4) is 0 Å². The van der Waals surface area contributed by atoms with Crippen molar-refractivity contribution in [3.05, 3.63) is 24.0 Å². The molecule has 0 spiro atoms. The Hall–Kier alpha value is -1.20. The van der Waals surface area contributed by atoms with Crippen LogP contribution >= 0.6 is 11.3 Å². The molecule has 1 aliphatic rings. The molecule has 0 saturated carbocycles. The third-order valence-electron chi connectivity index (χ3n) is 3.37. The third-order valence-corrected chi connectivity index (χ3v) is 4.36. The van der Waals surface area contributed by atoms with Crippen molar-refractivity contribution in [3.63, 3.8) is 0 Å². The third kappa shape index (κ3) is 3.22. The number of nitrogens with one attached hydrogen (secondary N) is 1. The smallest absolute Gasteiger partial charge is 0.183 e. The number of nitrogens with zero attached hydrogens (tertiary/aromatic N) is 1. The lowest BCUT2D eigenvalue weighted by Gasteiger charge is -2.22. The quantitative estimate of drug-likeness (QED) is 0.924. The van der Waals surface area contributed by atoms with Gasteiger partial charge in [-0.2, -0.15) is 0 Å². The summed E-state index contributed by atoms with van der Waals surface area (Å²) in [5, 5.41) is 4.16. The maximum Gasteiger partial charge on any atom is 0.183 e. The lowest BCUT2D eigenvalue weighted by Crippen LogP contribution is -2.21. The number of thiazole rings is 1. The second-order valence-electron chi connectivity index (χ2n) is 4.84. The number of benzene rings is 1. The van der Waals surface area contributed by atoms with Gasteiger partial charge in [0, 0.05) is 19.2 Å². The molecule has 1 saturated heterocycles. The fourth-order valence-corrected chi connectivity index (χ4v) is 3.22. The standard InChI is InChI=1S/C14H17FN2OS/c15-10-4-5-13-12(9-10)17-14(19-13)16-7-6-11-3-1-2-8-18-11/h4-5,9,11H,1-3,6-8H2,(H,16,17). The summed E-state index contributed by atoms with van der Waals surface area (Å²) in [6.07, 6.45) is 5.00. The van der Waals surface area contributed by atoms with E-state index in [4.69, 9.17) is 4.74 Å². The van der Waals surface area contributed by atoms with E-state index in [0.717, 1.165) is 41.3 Å². The molecule has 3 nitrogen and oxygen atoms in total. The fourth-order valence-electron chi connectivity index (χ4n) is 2.35. The molecular formula is C14H17FN2OS. The highest BCUT2D eigenvalue weighted by molar-refractivity contribution is 7.22. The Balaban J connectivity index is 1.56. The van der Waals surface area contributed by atoms with Crippen molar-refractivity contribution in [2.75, 3.05) is 18.5 Å². The molecular weight excluding hydrogens is 263 g/mol. The molecule has 1 unspecified atom stereocenters. The average molecular weight is 280 g/mol. The number of fused-ring (bicyclic) bond motifs is 1. The summed E-state index contributed by atoms with van der Waals surface area (Å²) in [6, 6.07) is 4.72. The molecule has 0 amide bonds. The molecule has 1 aromatic heterocycles. The van der Waals surface area contributed by atoms with Gasteiger partial charge < -0.3 is 10.1 Å². The van der Waals surface area contributed by atoms with Crippen LogP contribution in [-0.2, 0) is 4.74 Å². The van der Waals surface area contributed by atoms with Gasteiger partial charge in [-0.1, -0.05) is 11.3 Å². The van der Waals surface area contributed by atoms with Crippen LogP contribution in [-0.4, -0.2) is 24.2 Å². The highest BCUT2D eigenvalue weighted by Crippen LogP contribution is 2.26. The van der Waals surface area contributed by atoms with Gasteiger partial charge in [-0.25, -0.2) is 9.37 Å². The molecule has 0 bridgehead atoms. The number of anilines is 1. The van der Waals surface area contributed by atoms with Gasteiger partial charge in [0.25, 0.3) is 0 Å². The Morgan fingerprint density at radius 3 is 3.21 bits per heavy atom. The highest BCUT2D eigenvalue weighted by atomic mass is 32.1. The van der Waals surface area contributed by atoms with Crippen LogP contribution in [0, 0.1) is 5.82 Å². The largest absolute Gasteiger partial charge is 0.378 e. The van der Waals surface area contributed by atoms with E-state index >= 15 is 0 Å². The minimum Gasteiger partial charge on any atom is -0.378 e. The Morgan fingerprint density at radius 1 is 1.42 bits per heavy atom. The van der Waals surface area contributed by atoms with Crippen molar-refractivity contribution in [2.45, 2.75) is 31.8 Å². The molecule has 1 N–H and O–H groups in total. The monoisotopic (exact) mass is 280 g/mol. The zero-order valence-corrected chi connectivity index (χ0v) is 11.5. The molecule has 1 aromatic carbocycles. The lowest BCUT2D eigenvalue weighted by molar-refractivity contribution is 0.0134. The fraction of sp³-hybridized carbons (Fsp3) is 0.500. The molecule has 19 heavy (non-hydrogen) atoms. The summed E-state index contributed by atoms with van der Waals surface area (Å²) >= 11 is 1.56. The number of aromatic nitrogens is 1. The van der Waals surface area contributed by atoms with Crippen molar-refractivity contribution in [1.82, 2.24) is 4.98 Å². The lowest BCUT2D eigenvalue weighted by atomic mass is 10.1. The first kappa shape index (κ1) is 12.8. The van der Waals surface area contributed by atoms with Crippen LogP contribution in [0.5, 0.6) is 0 Å². The SMILES string of the molecule is Fc1ccc2sc(NCCC3CCCCO3)nc2c1. The van der Waals surface area contributed by atoms with Gasteiger partial charge in [0.15, 0.2) is 5.13 Å². The van der Waals surface area contributed by atoms with E-state index in [1.807, 2.05) is 0 Å². The maximum atomic E-state index is 13.1. The molecule has 1 aliphatic heterocycles. The van der Waals surface area contributed by atoms with Crippen LogP contribution < -0.4 is 5.32 Å². The Kier molecular flexibility index (Phi) is 3.94. The van der Waals surface area contributed by atoms with Gasteiger partial charge in [-0.3, -0.25) is 0 Å². The van der Waals surface area contributed by atoms with Gasteiger partial charge >= 0.3 is 0 Å². The van der Waals surface area contributed by atoms with E-state index in [1.54, 1.807) is 17.4 Å². The van der Waals surface area contributed by atoms with Crippen LogP contribution in [0.1, 0.15) is 25.7 Å². The van der Waals surface area contributed by atoms with Crippen molar-refractivity contribution < 1.29 is 9.13 Å². The number of halogens is 1. The molecule has 0 aliphatic carbocycles. The van der Waals surface area contributed by atoms with Crippen LogP contribution in [0.25, 0.3) is 10.2 Å². The molecule has 1 fully saturated rings. The minimum absolute atomic E-state index is 0.236. The van der Waals surface area contributed by atoms with E-state index < -0.39 is 0 Å². The van der Waals surface area contributed by atoms with Crippen LogP contribution in [0.3, 0.4) is 0 Å². The predicted molar refractivity (Wildman–Crippen MR) is 76.3 cm³/mol. The van der Waals surface area contributed by atoms with Gasteiger partial charge in [-0.15, -0.1) is 0 Å². The summed E-state index contributed by atoms with van der Waals surface area (Å²) in [4.78, 5) is 4.38. The van der Waals surface area contributed by atoms with Crippen LogP contribution in [0.4, 0.5) is 9.52 Å². The second-order valence-corrected chi connectivity index (χ2v) is 5.87. The second kappa shape index (κ2) is 5.84. The van der Waals surface area contributed by atoms with E-state index in [-0.39, 0.29) is 5.82 Å². The first-order valence-electron chi connectivity index (χ1n) is 6.73. The van der Waals surface area contributed by atoms with Gasteiger partial charge in [-0.05, 0) is 37.8 Å². The molecule has 102 valence electrons. The Morgan fingerprint density at radius 2 is 2.37 bits per heavy atom.